The zero-order chi connectivity index (χ0) is 33.8. The second-order valence-corrected chi connectivity index (χ2v) is 13.6. The van der Waals surface area contributed by atoms with Gasteiger partial charge in [0.05, 0.1) is 10.8 Å². The van der Waals surface area contributed by atoms with E-state index in [4.69, 9.17) is 4.74 Å². The molecule has 0 unspecified atom stereocenters. The Kier molecular flexibility index (Phi) is 6.69. The zero-order valence-corrected chi connectivity index (χ0v) is 28.0. The molecule has 10 rings (SSSR count). The first kappa shape index (κ1) is 29.5. The molecule has 1 aliphatic carbocycles. The highest BCUT2D eigenvalue weighted by Crippen LogP contribution is 2.57. The van der Waals surface area contributed by atoms with Crippen molar-refractivity contribution in [2.24, 2.45) is 0 Å². The summed E-state index contributed by atoms with van der Waals surface area (Å²) in [6, 6.07) is 75.0. The third-order valence-electron chi connectivity index (χ3n) is 11.1. The van der Waals surface area contributed by atoms with Gasteiger partial charge in [0.2, 0.25) is 0 Å². The average molecular weight is 651 g/mol. The summed E-state index contributed by atoms with van der Waals surface area (Å²) >= 11 is 0. The van der Waals surface area contributed by atoms with Gasteiger partial charge in [-0.2, -0.15) is 0 Å². The Bertz CT molecular complexity index is 2450. The van der Waals surface area contributed by atoms with Crippen LogP contribution in [0.4, 0.5) is 0 Å². The van der Waals surface area contributed by atoms with Crippen LogP contribution in [0.25, 0.3) is 22.3 Å². The van der Waals surface area contributed by atoms with Gasteiger partial charge in [-0.3, -0.25) is 0 Å². The van der Waals surface area contributed by atoms with Crippen LogP contribution in [-0.4, -0.2) is 0 Å². The summed E-state index contributed by atoms with van der Waals surface area (Å²) in [5.41, 5.74) is 13.8. The molecule has 51 heavy (non-hydrogen) atoms. The lowest BCUT2D eigenvalue weighted by molar-refractivity contribution is 0.435. The van der Waals surface area contributed by atoms with E-state index >= 15 is 0 Å². The van der Waals surface area contributed by atoms with Gasteiger partial charge in [0.15, 0.2) is 0 Å². The summed E-state index contributed by atoms with van der Waals surface area (Å²) in [6.07, 6.45) is 0. The maximum Gasteiger partial charge on any atom is 0.132 e. The average Bonchev–Trinajstić information content (AvgIpc) is 3.52. The van der Waals surface area contributed by atoms with Crippen LogP contribution < -0.4 is 4.74 Å². The van der Waals surface area contributed by atoms with Gasteiger partial charge >= 0.3 is 0 Å². The molecule has 1 nitrogen and oxygen atoms in total. The number of fused-ring (bicyclic) bond motifs is 5. The highest BCUT2D eigenvalue weighted by Gasteiger charge is 2.47. The fraction of sp³-hybridized carbons (Fsp3) is 0.0400. The molecule has 0 aromatic heterocycles. The largest absolute Gasteiger partial charge is 0.457 e. The van der Waals surface area contributed by atoms with Gasteiger partial charge in [0, 0.05) is 11.1 Å². The Hall–Kier alpha value is -6.44. The first-order valence-corrected chi connectivity index (χ1v) is 17.7. The number of ether oxygens (including phenoxy) is 1. The van der Waals surface area contributed by atoms with Gasteiger partial charge < -0.3 is 4.74 Å². The van der Waals surface area contributed by atoms with E-state index in [0.29, 0.717) is 0 Å². The van der Waals surface area contributed by atoms with Crippen molar-refractivity contribution in [2.45, 2.75) is 10.8 Å². The maximum atomic E-state index is 6.79. The van der Waals surface area contributed by atoms with Gasteiger partial charge in [0.25, 0.3) is 0 Å². The summed E-state index contributed by atoms with van der Waals surface area (Å²) in [6.45, 7) is 0. The number of para-hydroxylation sites is 1. The Morgan fingerprint density at radius 1 is 0.275 bits per heavy atom. The van der Waals surface area contributed by atoms with E-state index in [9.17, 15) is 0 Å². The topological polar surface area (TPSA) is 9.23 Å². The summed E-state index contributed by atoms with van der Waals surface area (Å²) < 4.78 is 6.79. The quantitative estimate of drug-likeness (QED) is 0.180. The van der Waals surface area contributed by atoms with Crippen molar-refractivity contribution in [1.82, 2.24) is 0 Å². The third kappa shape index (κ3) is 4.22. The first-order chi connectivity index (χ1) is 25.3. The minimum Gasteiger partial charge on any atom is -0.457 e. The molecule has 8 aromatic rings. The minimum absolute atomic E-state index is 0.416. The molecular formula is C50H34O. The lowest BCUT2D eigenvalue weighted by atomic mass is 9.63. The monoisotopic (exact) mass is 650 g/mol. The Labute approximate surface area is 299 Å². The van der Waals surface area contributed by atoms with Crippen molar-refractivity contribution in [1.29, 1.82) is 0 Å². The van der Waals surface area contributed by atoms with E-state index in [1.54, 1.807) is 0 Å². The molecule has 1 aliphatic heterocycles. The van der Waals surface area contributed by atoms with Gasteiger partial charge in [-0.25, -0.2) is 0 Å². The van der Waals surface area contributed by atoms with Crippen molar-refractivity contribution < 1.29 is 4.74 Å². The van der Waals surface area contributed by atoms with Crippen molar-refractivity contribution in [3.8, 4) is 33.8 Å². The highest BCUT2D eigenvalue weighted by molar-refractivity contribution is 5.86. The van der Waals surface area contributed by atoms with E-state index in [-0.39, 0.29) is 0 Å². The number of hydrogen-bond acceptors (Lipinski definition) is 1. The predicted molar refractivity (Wildman–Crippen MR) is 208 cm³/mol. The lowest BCUT2D eigenvalue weighted by Crippen LogP contribution is -2.34. The zero-order valence-electron chi connectivity index (χ0n) is 28.0. The van der Waals surface area contributed by atoms with Crippen LogP contribution in [0.1, 0.15) is 44.5 Å². The minimum atomic E-state index is -0.527. The van der Waals surface area contributed by atoms with Gasteiger partial charge in [-0.1, -0.05) is 194 Å². The predicted octanol–water partition coefficient (Wildman–Crippen LogP) is 12.2. The molecule has 0 atom stereocenters. The fourth-order valence-corrected chi connectivity index (χ4v) is 9.01. The van der Waals surface area contributed by atoms with Crippen molar-refractivity contribution in [2.75, 3.05) is 0 Å². The van der Waals surface area contributed by atoms with Crippen LogP contribution in [0.2, 0.25) is 0 Å². The molecule has 0 saturated heterocycles. The first-order valence-electron chi connectivity index (χ1n) is 17.7. The SMILES string of the molecule is c1ccc(C2(c3ccccc3)c3ccccc3Oc3cc(-c4ccc(C5(c6ccccc6)c6ccccc6-c6ccccc65)cc4)ccc32)cc1. The summed E-state index contributed by atoms with van der Waals surface area (Å²) in [5.74, 6) is 1.76. The highest BCUT2D eigenvalue weighted by atomic mass is 16.5. The fourth-order valence-electron chi connectivity index (χ4n) is 9.01. The molecule has 0 spiro atoms. The summed E-state index contributed by atoms with van der Waals surface area (Å²) in [5, 5.41) is 0. The molecule has 0 fully saturated rings. The molecule has 0 N–H and O–H groups in total. The molecule has 0 radical (unpaired) electrons. The van der Waals surface area contributed by atoms with E-state index in [1.165, 1.54) is 44.5 Å². The van der Waals surface area contributed by atoms with Crippen LogP contribution >= 0.6 is 0 Å². The molecule has 1 heteroatoms. The second-order valence-electron chi connectivity index (χ2n) is 13.6. The summed E-state index contributed by atoms with van der Waals surface area (Å²) in [7, 11) is 0. The molecule has 0 saturated carbocycles. The van der Waals surface area contributed by atoms with Crippen molar-refractivity contribution >= 4 is 0 Å². The van der Waals surface area contributed by atoms with E-state index in [2.05, 4.69) is 206 Å². The lowest BCUT2D eigenvalue weighted by Gasteiger charge is -2.41. The maximum absolute atomic E-state index is 6.79. The molecular weight excluding hydrogens is 617 g/mol. The molecule has 8 aromatic carbocycles. The van der Waals surface area contributed by atoms with E-state index in [1.807, 2.05) is 0 Å². The Balaban J connectivity index is 1.14. The van der Waals surface area contributed by atoms with E-state index < -0.39 is 10.8 Å². The second kappa shape index (κ2) is 11.6. The van der Waals surface area contributed by atoms with Gasteiger partial charge in [-0.15, -0.1) is 0 Å². The molecule has 240 valence electrons. The van der Waals surface area contributed by atoms with Crippen molar-refractivity contribution in [3.05, 3.63) is 251 Å². The smallest absolute Gasteiger partial charge is 0.132 e. The number of benzene rings is 8. The van der Waals surface area contributed by atoms with Crippen molar-refractivity contribution in [3.63, 3.8) is 0 Å². The Morgan fingerprint density at radius 2 is 0.667 bits per heavy atom. The van der Waals surface area contributed by atoms with Crippen LogP contribution in [0, 0.1) is 0 Å². The van der Waals surface area contributed by atoms with Crippen LogP contribution in [0.5, 0.6) is 11.5 Å². The molecule has 2 aliphatic rings. The summed E-state index contributed by atoms with van der Waals surface area (Å²) in [4.78, 5) is 0. The normalized spacial score (nSPS) is 14.4. The number of hydrogen-bond donors (Lipinski definition) is 0. The van der Waals surface area contributed by atoms with Gasteiger partial charge in [-0.05, 0) is 67.8 Å². The molecule has 0 amide bonds. The Morgan fingerprint density at radius 3 is 1.22 bits per heavy atom. The molecule has 0 bridgehead atoms. The van der Waals surface area contributed by atoms with E-state index in [0.717, 1.165) is 33.8 Å². The van der Waals surface area contributed by atoms with Crippen LogP contribution in [0.15, 0.2) is 206 Å². The molecule has 1 heterocycles. The standard InChI is InChI=1S/C50H34O/c1-4-16-37(17-5-1)49(43-24-12-10-22-41(43)42-23-11-13-25-44(42)49)40-31-28-35(29-32-40)36-30-33-46-48(34-36)51-47-27-15-14-26-45(47)50(46,38-18-6-2-7-19-38)39-20-8-3-9-21-39/h1-34H. The van der Waals surface area contributed by atoms with Gasteiger partial charge in [0.1, 0.15) is 11.5 Å². The van der Waals surface area contributed by atoms with Crippen LogP contribution in [-0.2, 0) is 10.8 Å². The third-order valence-corrected chi connectivity index (χ3v) is 11.1. The number of rotatable bonds is 5. The van der Waals surface area contributed by atoms with Crippen LogP contribution in [0.3, 0.4) is 0 Å².